The maximum absolute atomic E-state index is 11.0. The van der Waals surface area contributed by atoms with E-state index in [0.717, 1.165) is 5.76 Å². The zero-order valence-corrected chi connectivity index (χ0v) is 11.3. The number of carbonyl (C=O) groups is 1. The van der Waals surface area contributed by atoms with E-state index in [-0.39, 0.29) is 5.56 Å². The fourth-order valence-corrected chi connectivity index (χ4v) is 2.80. The highest BCUT2D eigenvalue weighted by molar-refractivity contribution is 5.88. The van der Waals surface area contributed by atoms with Crippen molar-refractivity contribution in [3.05, 3.63) is 23.2 Å². The van der Waals surface area contributed by atoms with Crippen molar-refractivity contribution >= 4 is 5.97 Å². The molecule has 1 fully saturated rings. The van der Waals surface area contributed by atoms with Crippen LogP contribution in [0.5, 0.6) is 0 Å². The zero-order chi connectivity index (χ0) is 13.3. The number of furan rings is 1. The van der Waals surface area contributed by atoms with Gasteiger partial charge in [-0.2, -0.15) is 0 Å². The van der Waals surface area contributed by atoms with Crippen molar-refractivity contribution in [1.29, 1.82) is 0 Å². The number of carboxylic acids is 1. The molecule has 0 radical (unpaired) electrons. The SMILES string of the molecule is Cc1oc(CN2C(C)CCCC2C)cc1C(=O)O. The lowest BCUT2D eigenvalue weighted by Crippen LogP contribution is -2.42. The van der Waals surface area contributed by atoms with Crippen LogP contribution in [-0.4, -0.2) is 28.1 Å². The Morgan fingerprint density at radius 1 is 1.44 bits per heavy atom. The number of hydrogen-bond acceptors (Lipinski definition) is 3. The van der Waals surface area contributed by atoms with Crippen molar-refractivity contribution in [2.75, 3.05) is 0 Å². The molecule has 4 heteroatoms. The van der Waals surface area contributed by atoms with Gasteiger partial charge in [0.05, 0.1) is 6.54 Å². The van der Waals surface area contributed by atoms with E-state index >= 15 is 0 Å². The van der Waals surface area contributed by atoms with Gasteiger partial charge in [-0.05, 0) is 39.7 Å². The standard InChI is InChI=1S/C14H21NO3/c1-9-5-4-6-10(2)15(9)8-12-7-13(14(16)17)11(3)18-12/h7,9-10H,4-6,8H2,1-3H3,(H,16,17). The molecular formula is C14H21NO3. The van der Waals surface area contributed by atoms with Gasteiger partial charge in [0.25, 0.3) is 0 Å². The number of piperidine rings is 1. The minimum absolute atomic E-state index is 0.280. The smallest absolute Gasteiger partial charge is 0.339 e. The van der Waals surface area contributed by atoms with Gasteiger partial charge in [-0.25, -0.2) is 4.79 Å². The van der Waals surface area contributed by atoms with Gasteiger partial charge in [0, 0.05) is 12.1 Å². The number of rotatable bonds is 3. The number of likely N-dealkylation sites (tertiary alicyclic amines) is 1. The van der Waals surface area contributed by atoms with Crippen LogP contribution in [0.3, 0.4) is 0 Å². The lowest BCUT2D eigenvalue weighted by atomic mass is 9.97. The first-order valence-corrected chi connectivity index (χ1v) is 6.57. The molecule has 1 aliphatic heterocycles. The topological polar surface area (TPSA) is 53.7 Å². The molecule has 2 heterocycles. The van der Waals surface area contributed by atoms with E-state index in [1.807, 2.05) is 0 Å². The van der Waals surface area contributed by atoms with E-state index in [1.165, 1.54) is 19.3 Å². The summed E-state index contributed by atoms with van der Waals surface area (Å²) < 4.78 is 5.55. The monoisotopic (exact) mass is 251 g/mol. The molecule has 2 rings (SSSR count). The molecule has 100 valence electrons. The van der Waals surface area contributed by atoms with E-state index in [4.69, 9.17) is 9.52 Å². The fourth-order valence-electron chi connectivity index (χ4n) is 2.80. The molecule has 0 amide bonds. The van der Waals surface area contributed by atoms with Crippen molar-refractivity contribution in [2.45, 2.75) is 58.7 Å². The summed E-state index contributed by atoms with van der Waals surface area (Å²) in [6.07, 6.45) is 3.68. The third-order valence-electron chi connectivity index (χ3n) is 3.91. The van der Waals surface area contributed by atoms with Crippen molar-refractivity contribution < 1.29 is 14.3 Å². The van der Waals surface area contributed by atoms with E-state index < -0.39 is 5.97 Å². The normalized spacial score (nSPS) is 25.3. The maximum atomic E-state index is 11.0. The lowest BCUT2D eigenvalue weighted by Gasteiger charge is -2.38. The third kappa shape index (κ3) is 2.58. The Bertz CT molecular complexity index is 428. The highest BCUT2D eigenvalue weighted by Crippen LogP contribution is 2.26. The van der Waals surface area contributed by atoms with Crippen LogP contribution >= 0.6 is 0 Å². The Morgan fingerprint density at radius 3 is 2.56 bits per heavy atom. The first-order valence-electron chi connectivity index (χ1n) is 6.57. The minimum Gasteiger partial charge on any atom is -0.478 e. The Hall–Kier alpha value is -1.29. The second-order valence-corrected chi connectivity index (χ2v) is 5.29. The van der Waals surface area contributed by atoms with Crippen molar-refractivity contribution in [3.8, 4) is 0 Å². The molecule has 1 aromatic heterocycles. The predicted molar refractivity (Wildman–Crippen MR) is 68.7 cm³/mol. The Balaban J connectivity index is 2.13. The molecule has 4 nitrogen and oxygen atoms in total. The number of carboxylic acid groups (broad SMARTS) is 1. The van der Waals surface area contributed by atoms with E-state index in [2.05, 4.69) is 18.7 Å². The van der Waals surface area contributed by atoms with Gasteiger partial charge in [0.2, 0.25) is 0 Å². The van der Waals surface area contributed by atoms with E-state index in [9.17, 15) is 4.79 Å². The molecule has 2 atom stereocenters. The summed E-state index contributed by atoms with van der Waals surface area (Å²) in [5, 5.41) is 9.02. The Kier molecular flexibility index (Phi) is 3.76. The summed E-state index contributed by atoms with van der Waals surface area (Å²) in [6, 6.07) is 2.73. The Labute approximate surface area is 108 Å². The highest BCUT2D eigenvalue weighted by atomic mass is 16.4. The van der Waals surface area contributed by atoms with Gasteiger partial charge < -0.3 is 9.52 Å². The van der Waals surface area contributed by atoms with Gasteiger partial charge in [0.1, 0.15) is 17.1 Å². The van der Waals surface area contributed by atoms with Crippen LogP contribution in [-0.2, 0) is 6.54 Å². The zero-order valence-electron chi connectivity index (χ0n) is 11.3. The molecular weight excluding hydrogens is 230 g/mol. The molecule has 0 bridgehead atoms. The second kappa shape index (κ2) is 5.14. The van der Waals surface area contributed by atoms with Gasteiger partial charge >= 0.3 is 5.97 Å². The van der Waals surface area contributed by atoms with Crippen LogP contribution in [0.4, 0.5) is 0 Å². The molecule has 1 aromatic rings. The molecule has 0 aliphatic carbocycles. The van der Waals surface area contributed by atoms with Gasteiger partial charge in [-0.3, -0.25) is 4.90 Å². The number of hydrogen-bond donors (Lipinski definition) is 1. The Morgan fingerprint density at radius 2 is 2.06 bits per heavy atom. The maximum Gasteiger partial charge on any atom is 0.339 e. The lowest BCUT2D eigenvalue weighted by molar-refractivity contribution is 0.0695. The highest BCUT2D eigenvalue weighted by Gasteiger charge is 2.26. The molecule has 18 heavy (non-hydrogen) atoms. The average Bonchev–Trinajstić information content (AvgIpc) is 2.65. The third-order valence-corrected chi connectivity index (χ3v) is 3.91. The molecule has 1 aliphatic rings. The number of nitrogens with zero attached hydrogens (tertiary/aromatic N) is 1. The first-order chi connectivity index (χ1) is 8.49. The van der Waals surface area contributed by atoms with Gasteiger partial charge in [-0.1, -0.05) is 6.42 Å². The predicted octanol–water partition coefficient (Wildman–Crippen LogP) is 3.05. The first kappa shape index (κ1) is 13.1. The second-order valence-electron chi connectivity index (χ2n) is 5.29. The minimum atomic E-state index is -0.915. The number of aromatic carboxylic acids is 1. The van der Waals surface area contributed by atoms with E-state index in [1.54, 1.807) is 13.0 Å². The summed E-state index contributed by atoms with van der Waals surface area (Å²) in [7, 11) is 0. The molecule has 1 N–H and O–H groups in total. The van der Waals surface area contributed by atoms with Crippen molar-refractivity contribution in [3.63, 3.8) is 0 Å². The van der Waals surface area contributed by atoms with Crippen LogP contribution in [0.2, 0.25) is 0 Å². The van der Waals surface area contributed by atoms with Crippen molar-refractivity contribution in [2.24, 2.45) is 0 Å². The largest absolute Gasteiger partial charge is 0.478 e. The fraction of sp³-hybridized carbons (Fsp3) is 0.643. The molecule has 0 spiro atoms. The van der Waals surface area contributed by atoms with Crippen LogP contribution in [0.1, 0.15) is 55.0 Å². The van der Waals surface area contributed by atoms with Crippen molar-refractivity contribution in [1.82, 2.24) is 4.90 Å². The average molecular weight is 251 g/mol. The van der Waals surface area contributed by atoms with Gasteiger partial charge in [-0.15, -0.1) is 0 Å². The summed E-state index contributed by atoms with van der Waals surface area (Å²) in [5.41, 5.74) is 0.280. The quantitative estimate of drug-likeness (QED) is 0.897. The molecule has 0 saturated carbocycles. The van der Waals surface area contributed by atoms with Gasteiger partial charge in [0.15, 0.2) is 0 Å². The van der Waals surface area contributed by atoms with Crippen LogP contribution < -0.4 is 0 Å². The van der Waals surface area contributed by atoms with Crippen LogP contribution in [0, 0.1) is 6.92 Å². The summed E-state index contributed by atoms with van der Waals surface area (Å²) in [5.74, 6) is 0.336. The molecule has 2 unspecified atom stereocenters. The van der Waals surface area contributed by atoms with Crippen LogP contribution in [0.25, 0.3) is 0 Å². The summed E-state index contributed by atoms with van der Waals surface area (Å²) >= 11 is 0. The molecule has 0 aromatic carbocycles. The summed E-state index contributed by atoms with van der Waals surface area (Å²) in [6.45, 7) is 6.86. The summed E-state index contributed by atoms with van der Waals surface area (Å²) in [4.78, 5) is 13.4. The number of aryl methyl sites for hydroxylation is 1. The van der Waals surface area contributed by atoms with Crippen LogP contribution in [0.15, 0.2) is 10.5 Å². The van der Waals surface area contributed by atoms with E-state index in [0.29, 0.717) is 24.4 Å². The molecule has 1 saturated heterocycles.